The van der Waals surface area contributed by atoms with Gasteiger partial charge in [0.25, 0.3) is 5.56 Å². The van der Waals surface area contributed by atoms with Gasteiger partial charge in [-0.2, -0.15) is 0 Å². The minimum Gasteiger partial charge on any atom is -0.497 e. The monoisotopic (exact) mass is 441 g/mol. The second-order valence-electron chi connectivity index (χ2n) is 7.43. The Morgan fingerprint density at radius 3 is 2.59 bits per heavy atom. The SMILES string of the molecule is COc1cccc(-c2ccnc(Cn3c(=O)ccn(C4OC(CO)C(O)C4O)c3=O)c2)c1. The van der Waals surface area contributed by atoms with Crippen LogP contribution in [0.2, 0.25) is 0 Å². The standard InChI is InChI=1S/C22H23N3O7/c1-31-16-4-2-3-13(10-16)14-5-7-23-15(9-14)11-25-18(27)6-8-24(22(25)30)21-20(29)19(28)17(12-26)32-21/h2-10,17,19-21,26,28-29H,11-12H2,1H3. The van der Waals surface area contributed by atoms with Crippen LogP contribution in [0.25, 0.3) is 11.1 Å². The van der Waals surface area contributed by atoms with Gasteiger partial charge in [-0.25, -0.2) is 4.79 Å². The minimum atomic E-state index is -1.44. The zero-order valence-corrected chi connectivity index (χ0v) is 17.2. The summed E-state index contributed by atoms with van der Waals surface area (Å²) < 4.78 is 12.7. The molecule has 0 radical (unpaired) electrons. The number of ether oxygens (including phenoxy) is 2. The molecule has 3 aromatic rings. The Morgan fingerprint density at radius 2 is 1.88 bits per heavy atom. The van der Waals surface area contributed by atoms with Crippen molar-refractivity contribution in [1.29, 1.82) is 0 Å². The van der Waals surface area contributed by atoms with E-state index < -0.39 is 42.4 Å². The number of hydrogen-bond acceptors (Lipinski definition) is 8. The lowest BCUT2D eigenvalue weighted by molar-refractivity contribution is -0.0555. The maximum Gasteiger partial charge on any atom is 0.333 e. The van der Waals surface area contributed by atoms with Gasteiger partial charge in [0.1, 0.15) is 24.1 Å². The van der Waals surface area contributed by atoms with Gasteiger partial charge in [-0.3, -0.25) is 18.9 Å². The summed E-state index contributed by atoms with van der Waals surface area (Å²) in [6.45, 7) is -0.630. The fourth-order valence-corrected chi connectivity index (χ4v) is 3.69. The third-order valence-electron chi connectivity index (χ3n) is 5.43. The van der Waals surface area contributed by atoms with Crippen LogP contribution in [-0.4, -0.2) is 61.5 Å². The first-order chi connectivity index (χ1) is 15.4. The molecule has 4 atom stereocenters. The average Bonchev–Trinajstić information content (AvgIpc) is 3.10. The van der Waals surface area contributed by atoms with Crippen molar-refractivity contribution in [3.8, 4) is 16.9 Å². The molecule has 1 aliphatic heterocycles. The van der Waals surface area contributed by atoms with Crippen LogP contribution >= 0.6 is 0 Å². The third-order valence-corrected chi connectivity index (χ3v) is 5.43. The topological polar surface area (TPSA) is 136 Å². The van der Waals surface area contributed by atoms with E-state index in [4.69, 9.17) is 9.47 Å². The van der Waals surface area contributed by atoms with E-state index in [9.17, 15) is 24.9 Å². The Labute approximate surface area is 182 Å². The Kier molecular flexibility index (Phi) is 6.19. The van der Waals surface area contributed by atoms with Gasteiger partial charge in [0, 0.05) is 18.5 Å². The van der Waals surface area contributed by atoms with Crippen molar-refractivity contribution in [2.24, 2.45) is 0 Å². The highest BCUT2D eigenvalue weighted by molar-refractivity contribution is 5.65. The molecule has 4 rings (SSSR count). The molecule has 0 bridgehead atoms. The largest absolute Gasteiger partial charge is 0.497 e. The van der Waals surface area contributed by atoms with Gasteiger partial charge in [-0.1, -0.05) is 12.1 Å². The second kappa shape index (κ2) is 9.05. The van der Waals surface area contributed by atoms with Crippen molar-refractivity contribution in [2.75, 3.05) is 13.7 Å². The molecule has 4 unspecified atom stereocenters. The summed E-state index contributed by atoms with van der Waals surface area (Å²) in [5, 5.41) is 29.5. The van der Waals surface area contributed by atoms with Crippen LogP contribution in [0.4, 0.5) is 0 Å². The molecule has 3 N–H and O–H groups in total. The number of rotatable bonds is 6. The summed E-state index contributed by atoms with van der Waals surface area (Å²) in [4.78, 5) is 29.7. The molecule has 1 aromatic carbocycles. The Balaban J connectivity index is 1.66. The predicted molar refractivity (Wildman–Crippen MR) is 113 cm³/mol. The fourth-order valence-electron chi connectivity index (χ4n) is 3.69. The summed E-state index contributed by atoms with van der Waals surface area (Å²) in [5.74, 6) is 0.696. The molecule has 10 heteroatoms. The molecule has 0 saturated carbocycles. The Morgan fingerprint density at radius 1 is 1.09 bits per heavy atom. The normalized spacial score (nSPS) is 22.8. The average molecular weight is 441 g/mol. The number of nitrogens with zero attached hydrogens (tertiary/aromatic N) is 3. The van der Waals surface area contributed by atoms with Gasteiger partial charge in [-0.15, -0.1) is 0 Å². The van der Waals surface area contributed by atoms with Gasteiger partial charge >= 0.3 is 5.69 Å². The van der Waals surface area contributed by atoms with Crippen molar-refractivity contribution >= 4 is 0 Å². The van der Waals surface area contributed by atoms with E-state index in [1.807, 2.05) is 30.3 Å². The number of aliphatic hydroxyl groups excluding tert-OH is 3. The van der Waals surface area contributed by atoms with E-state index in [2.05, 4.69) is 4.98 Å². The minimum absolute atomic E-state index is 0.106. The van der Waals surface area contributed by atoms with Crippen LogP contribution in [0.3, 0.4) is 0 Å². The van der Waals surface area contributed by atoms with Crippen molar-refractivity contribution in [1.82, 2.24) is 14.1 Å². The lowest BCUT2D eigenvalue weighted by atomic mass is 10.1. The van der Waals surface area contributed by atoms with E-state index in [1.54, 1.807) is 19.4 Å². The Bertz CT molecular complexity index is 1220. The predicted octanol–water partition coefficient (Wildman–Crippen LogP) is -0.260. The van der Waals surface area contributed by atoms with Gasteiger partial charge < -0.3 is 24.8 Å². The number of hydrogen-bond donors (Lipinski definition) is 3. The summed E-state index contributed by atoms with van der Waals surface area (Å²) >= 11 is 0. The quantitative estimate of drug-likeness (QED) is 0.476. The highest BCUT2D eigenvalue weighted by Crippen LogP contribution is 2.28. The highest BCUT2D eigenvalue weighted by Gasteiger charge is 2.43. The first-order valence-electron chi connectivity index (χ1n) is 9.96. The second-order valence-corrected chi connectivity index (χ2v) is 7.43. The number of aliphatic hydroxyl groups is 3. The van der Waals surface area contributed by atoms with Crippen molar-refractivity contribution in [3.05, 3.63) is 81.4 Å². The van der Waals surface area contributed by atoms with Crippen molar-refractivity contribution in [2.45, 2.75) is 31.1 Å². The molecule has 0 amide bonds. The van der Waals surface area contributed by atoms with Gasteiger partial charge in [-0.05, 0) is 35.4 Å². The molecule has 10 nitrogen and oxygen atoms in total. The molecule has 32 heavy (non-hydrogen) atoms. The molecule has 1 saturated heterocycles. The zero-order valence-electron chi connectivity index (χ0n) is 17.2. The molecule has 1 fully saturated rings. The molecule has 0 spiro atoms. The van der Waals surface area contributed by atoms with Crippen LogP contribution in [0.15, 0.2) is 64.4 Å². The van der Waals surface area contributed by atoms with Crippen LogP contribution < -0.4 is 16.0 Å². The first-order valence-corrected chi connectivity index (χ1v) is 9.96. The molecule has 2 aromatic heterocycles. The summed E-state index contributed by atoms with van der Waals surface area (Å²) in [5.41, 5.74) is 0.912. The van der Waals surface area contributed by atoms with E-state index in [-0.39, 0.29) is 6.54 Å². The molecular formula is C22H23N3O7. The van der Waals surface area contributed by atoms with Gasteiger partial charge in [0.15, 0.2) is 6.23 Å². The summed E-state index contributed by atoms with van der Waals surface area (Å²) in [6.07, 6.45) is -2.30. The number of aromatic nitrogens is 3. The summed E-state index contributed by atoms with van der Waals surface area (Å²) in [7, 11) is 1.58. The van der Waals surface area contributed by atoms with Crippen molar-refractivity contribution < 1.29 is 24.8 Å². The number of methoxy groups -OCH3 is 1. The smallest absolute Gasteiger partial charge is 0.333 e. The van der Waals surface area contributed by atoms with Gasteiger partial charge in [0.05, 0.1) is 26.0 Å². The molecule has 3 heterocycles. The molecular weight excluding hydrogens is 418 g/mol. The van der Waals surface area contributed by atoms with E-state index >= 15 is 0 Å². The van der Waals surface area contributed by atoms with Crippen molar-refractivity contribution in [3.63, 3.8) is 0 Å². The molecule has 168 valence electrons. The van der Waals surface area contributed by atoms with E-state index in [0.29, 0.717) is 11.4 Å². The lowest BCUT2D eigenvalue weighted by Crippen LogP contribution is -2.43. The highest BCUT2D eigenvalue weighted by atomic mass is 16.6. The molecule has 0 aliphatic carbocycles. The fraction of sp³-hybridized carbons (Fsp3) is 0.318. The number of benzene rings is 1. The van der Waals surface area contributed by atoms with Crippen LogP contribution in [-0.2, 0) is 11.3 Å². The summed E-state index contributed by atoms with van der Waals surface area (Å²) in [6, 6.07) is 12.2. The first kappa shape index (κ1) is 21.9. The molecule has 1 aliphatic rings. The van der Waals surface area contributed by atoms with E-state index in [1.165, 1.54) is 12.3 Å². The third kappa shape index (κ3) is 4.08. The van der Waals surface area contributed by atoms with Gasteiger partial charge in [0.2, 0.25) is 0 Å². The maximum atomic E-state index is 13.0. The van der Waals surface area contributed by atoms with E-state index in [0.717, 1.165) is 20.3 Å². The Hall–Kier alpha value is -3.31. The number of pyridine rings is 1. The van der Waals surface area contributed by atoms with Crippen LogP contribution in [0, 0.1) is 0 Å². The maximum absolute atomic E-state index is 13.0. The zero-order chi connectivity index (χ0) is 22.8. The lowest BCUT2D eigenvalue weighted by Gasteiger charge is -2.18. The van der Waals surface area contributed by atoms with Crippen LogP contribution in [0.1, 0.15) is 11.9 Å². The van der Waals surface area contributed by atoms with Crippen LogP contribution in [0.5, 0.6) is 5.75 Å².